The molecule has 116 valence electrons. The molecular weight excluding hydrogens is 244 g/mol. The van der Waals surface area contributed by atoms with Gasteiger partial charge < -0.3 is 4.98 Å². The fourth-order valence-corrected chi connectivity index (χ4v) is 2.70. The lowest BCUT2D eigenvalue weighted by molar-refractivity contribution is 0.421. The summed E-state index contributed by atoms with van der Waals surface area (Å²) in [4.78, 5) is 8.30. The first kappa shape index (κ1) is 17.3. The molecular formula is C18H34N2. The number of aromatic amines is 1. The van der Waals surface area contributed by atoms with E-state index in [-0.39, 0.29) is 10.8 Å². The minimum absolute atomic E-state index is 0.160. The molecule has 0 fully saturated rings. The number of H-pyrrole nitrogens is 1. The first-order valence-corrected chi connectivity index (χ1v) is 8.39. The molecule has 0 unspecified atom stereocenters. The van der Waals surface area contributed by atoms with Gasteiger partial charge in [0.25, 0.3) is 0 Å². The van der Waals surface area contributed by atoms with Crippen LogP contribution in [0, 0.1) is 0 Å². The number of nitrogens with one attached hydrogen (secondary N) is 1. The zero-order valence-electron chi connectivity index (χ0n) is 14.5. The first-order chi connectivity index (χ1) is 9.33. The van der Waals surface area contributed by atoms with Crippen molar-refractivity contribution in [1.29, 1.82) is 0 Å². The standard InChI is InChI=1S/C18H34N2/c1-7-9-11-13-17(3,4)15-14-19-16(20-15)18(5,6)12-10-8-2/h14H,7-13H2,1-6H3,(H,19,20). The van der Waals surface area contributed by atoms with Crippen molar-refractivity contribution in [2.24, 2.45) is 0 Å². The molecule has 0 aliphatic rings. The molecule has 0 aromatic carbocycles. The van der Waals surface area contributed by atoms with E-state index in [2.05, 4.69) is 57.7 Å². The van der Waals surface area contributed by atoms with E-state index in [9.17, 15) is 0 Å². The summed E-state index contributed by atoms with van der Waals surface area (Å²) in [6.07, 6.45) is 10.9. The van der Waals surface area contributed by atoms with E-state index in [1.165, 1.54) is 50.6 Å². The molecule has 0 radical (unpaired) electrons. The van der Waals surface area contributed by atoms with Crippen LogP contribution in [0.15, 0.2) is 6.20 Å². The fraction of sp³-hybridized carbons (Fsp3) is 0.833. The van der Waals surface area contributed by atoms with Gasteiger partial charge in [-0.05, 0) is 12.8 Å². The second kappa shape index (κ2) is 7.28. The summed E-state index contributed by atoms with van der Waals surface area (Å²) < 4.78 is 0. The minimum Gasteiger partial charge on any atom is -0.345 e. The highest BCUT2D eigenvalue weighted by Gasteiger charge is 2.27. The predicted octanol–water partition coefficient (Wildman–Crippen LogP) is 5.74. The maximum atomic E-state index is 4.68. The lowest BCUT2D eigenvalue weighted by Gasteiger charge is -2.25. The molecule has 1 N–H and O–H groups in total. The number of nitrogens with zero attached hydrogens (tertiary/aromatic N) is 1. The molecule has 1 rings (SSSR count). The third kappa shape index (κ3) is 4.64. The Morgan fingerprint density at radius 1 is 0.900 bits per heavy atom. The summed E-state index contributed by atoms with van der Waals surface area (Å²) in [7, 11) is 0. The number of hydrogen-bond donors (Lipinski definition) is 1. The Morgan fingerprint density at radius 2 is 1.50 bits per heavy atom. The molecule has 0 bridgehead atoms. The maximum absolute atomic E-state index is 4.68. The Morgan fingerprint density at radius 3 is 2.10 bits per heavy atom. The summed E-state index contributed by atoms with van der Waals surface area (Å²) in [6.45, 7) is 13.8. The Balaban J connectivity index is 2.75. The van der Waals surface area contributed by atoms with Gasteiger partial charge in [-0.25, -0.2) is 4.98 Å². The van der Waals surface area contributed by atoms with Crippen molar-refractivity contribution in [3.8, 4) is 0 Å². The van der Waals surface area contributed by atoms with E-state index < -0.39 is 0 Å². The van der Waals surface area contributed by atoms with Crippen molar-refractivity contribution < 1.29 is 0 Å². The van der Waals surface area contributed by atoms with E-state index in [1.807, 2.05) is 0 Å². The van der Waals surface area contributed by atoms with Crippen LogP contribution >= 0.6 is 0 Å². The van der Waals surface area contributed by atoms with Crippen molar-refractivity contribution in [3.63, 3.8) is 0 Å². The third-order valence-electron chi connectivity index (χ3n) is 4.51. The zero-order chi connectivity index (χ0) is 15.2. The van der Waals surface area contributed by atoms with Crippen LogP contribution in [0.25, 0.3) is 0 Å². The molecule has 1 heterocycles. The van der Waals surface area contributed by atoms with Crippen LogP contribution in [-0.2, 0) is 10.8 Å². The van der Waals surface area contributed by atoms with Gasteiger partial charge in [0, 0.05) is 22.7 Å². The first-order valence-electron chi connectivity index (χ1n) is 8.39. The molecule has 2 nitrogen and oxygen atoms in total. The van der Waals surface area contributed by atoms with Gasteiger partial charge in [-0.1, -0.05) is 73.6 Å². The van der Waals surface area contributed by atoms with Gasteiger partial charge in [0.2, 0.25) is 0 Å². The molecule has 0 spiro atoms. The Labute approximate surface area is 125 Å². The van der Waals surface area contributed by atoms with Gasteiger partial charge in [0.15, 0.2) is 0 Å². The Hall–Kier alpha value is -0.790. The third-order valence-corrected chi connectivity index (χ3v) is 4.51. The van der Waals surface area contributed by atoms with Gasteiger partial charge in [-0.3, -0.25) is 0 Å². The second-order valence-corrected chi connectivity index (χ2v) is 7.47. The Bertz CT molecular complexity index is 388. The number of rotatable bonds is 9. The van der Waals surface area contributed by atoms with Crippen molar-refractivity contribution in [1.82, 2.24) is 9.97 Å². The second-order valence-electron chi connectivity index (χ2n) is 7.47. The molecule has 0 aliphatic carbocycles. The van der Waals surface area contributed by atoms with Crippen LogP contribution in [-0.4, -0.2) is 9.97 Å². The van der Waals surface area contributed by atoms with Crippen LogP contribution in [0.1, 0.15) is 98.0 Å². The lowest BCUT2D eigenvalue weighted by Crippen LogP contribution is -2.21. The summed E-state index contributed by atoms with van der Waals surface area (Å²) in [5.74, 6) is 1.16. The Kier molecular flexibility index (Phi) is 6.29. The molecule has 1 aromatic heterocycles. The predicted molar refractivity (Wildman–Crippen MR) is 88.3 cm³/mol. The summed E-state index contributed by atoms with van der Waals surface area (Å²) >= 11 is 0. The molecule has 1 aromatic rings. The average Bonchev–Trinajstić information content (AvgIpc) is 2.88. The monoisotopic (exact) mass is 278 g/mol. The van der Waals surface area contributed by atoms with E-state index in [0.29, 0.717) is 0 Å². The topological polar surface area (TPSA) is 28.7 Å². The van der Waals surface area contributed by atoms with Gasteiger partial charge in [-0.15, -0.1) is 0 Å². The molecule has 0 amide bonds. The number of aromatic nitrogens is 2. The van der Waals surface area contributed by atoms with E-state index in [1.54, 1.807) is 0 Å². The lowest BCUT2D eigenvalue weighted by atomic mass is 9.83. The molecule has 0 atom stereocenters. The van der Waals surface area contributed by atoms with Crippen molar-refractivity contribution in [2.45, 2.75) is 97.3 Å². The summed E-state index contributed by atoms with van der Waals surface area (Å²) in [6, 6.07) is 0. The zero-order valence-corrected chi connectivity index (χ0v) is 14.5. The molecule has 0 saturated carbocycles. The van der Waals surface area contributed by atoms with Crippen LogP contribution in [0.4, 0.5) is 0 Å². The molecule has 0 aliphatic heterocycles. The van der Waals surface area contributed by atoms with Crippen molar-refractivity contribution >= 4 is 0 Å². The van der Waals surface area contributed by atoms with Crippen LogP contribution in [0.5, 0.6) is 0 Å². The molecule has 2 heteroatoms. The quantitative estimate of drug-likeness (QED) is 0.574. The van der Waals surface area contributed by atoms with Crippen LogP contribution in [0.2, 0.25) is 0 Å². The highest BCUT2D eigenvalue weighted by atomic mass is 14.9. The van der Waals surface area contributed by atoms with Crippen LogP contribution < -0.4 is 0 Å². The highest BCUT2D eigenvalue weighted by molar-refractivity contribution is 5.16. The van der Waals surface area contributed by atoms with E-state index in [4.69, 9.17) is 0 Å². The highest BCUT2D eigenvalue weighted by Crippen LogP contribution is 2.32. The van der Waals surface area contributed by atoms with Crippen molar-refractivity contribution in [2.75, 3.05) is 0 Å². The van der Waals surface area contributed by atoms with Gasteiger partial charge in [0.1, 0.15) is 5.82 Å². The number of imidazole rings is 1. The normalized spacial score (nSPS) is 12.9. The number of unbranched alkanes of at least 4 members (excludes halogenated alkanes) is 3. The largest absolute Gasteiger partial charge is 0.345 e. The minimum atomic E-state index is 0.160. The fourth-order valence-electron chi connectivity index (χ4n) is 2.70. The van der Waals surface area contributed by atoms with Crippen molar-refractivity contribution in [3.05, 3.63) is 17.7 Å². The molecule has 20 heavy (non-hydrogen) atoms. The molecule has 0 saturated heterocycles. The van der Waals surface area contributed by atoms with Crippen LogP contribution in [0.3, 0.4) is 0 Å². The summed E-state index contributed by atoms with van der Waals surface area (Å²) in [5, 5.41) is 0. The van der Waals surface area contributed by atoms with Gasteiger partial charge >= 0.3 is 0 Å². The van der Waals surface area contributed by atoms with E-state index >= 15 is 0 Å². The van der Waals surface area contributed by atoms with E-state index in [0.717, 1.165) is 5.82 Å². The average molecular weight is 278 g/mol. The van der Waals surface area contributed by atoms with Gasteiger partial charge in [0.05, 0.1) is 0 Å². The number of hydrogen-bond acceptors (Lipinski definition) is 1. The summed E-state index contributed by atoms with van der Waals surface area (Å²) in [5.41, 5.74) is 1.67. The SMILES string of the molecule is CCCCCC(C)(C)c1cnc(C(C)(C)CCCC)[nH]1. The smallest absolute Gasteiger partial charge is 0.111 e. The maximum Gasteiger partial charge on any atom is 0.111 e. The van der Waals surface area contributed by atoms with Gasteiger partial charge in [-0.2, -0.15) is 0 Å².